The Morgan fingerprint density at radius 1 is 1.45 bits per heavy atom. The molecular formula is C15H23N3O2. The van der Waals surface area contributed by atoms with Gasteiger partial charge in [-0.2, -0.15) is 0 Å². The summed E-state index contributed by atoms with van der Waals surface area (Å²) >= 11 is 0. The Bertz CT molecular complexity index is 431. The van der Waals surface area contributed by atoms with Gasteiger partial charge >= 0.3 is 6.03 Å². The zero-order valence-electron chi connectivity index (χ0n) is 11.7. The number of carbonyl (C=O) groups excluding carboxylic acids is 1. The van der Waals surface area contributed by atoms with Crippen molar-refractivity contribution in [3.8, 4) is 0 Å². The molecule has 0 radical (unpaired) electrons. The molecule has 1 aromatic rings. The number of nitrogens with one attached hydrogen (secondary N) is 2. The Hall–Kier alpha value is -1.59. The summed E-state index contributed by atoms with van der Waals surface area (Å²) in [6, 6.07) is 7.39. The maximum absolute atomic E-state index is 11.8. The van der Waals surface area contributed by atoms with E-state index in [-0.39, 0.29) is 6.03 Å². The minimum atomic E-state index is -0.170. The van der Waals surface area contributed by atoms with Gasteiger partial charge in [0, 0.05) is 32.0 Å². The highest BCUT2D eigenvalue weighted by Gasteiger charge is 2.13. The first-order valence-electron chi connectivity index (χ1n) is 7.19. The number of nitrogens with two attached hydrogens (primary N) is 1. The van der Waals surface area contributed by atoms with Crippen molar-refractivity contribution in [2.24, 2.45) is 11.7 Å². The van der Waals surface area contributed by atoms with Gasteiger partial charge in [0.25, 0.3) is 0 Å². The fourth-order valence-electron chi connectivity index (χ4n) is 2.38. The molecule has 5 heteroatoms. The van der Waals surface area contributed by atoms with Crippen LogP contribution < -0.4 is 16.4 Å². The molecule has 20 heavy (non-hydrogen) atoms. The fraction of sp³-hybridized carbons (Fsp3) is 0.533. The monoisotopic (exact) mass is 277 g/mol. The van der Waals surface area contributed by atoms with Crippen LogP contribution in [0.4, 0.5) is 10.5 Å². The average Bonchev–Trinajstić information content (AvgIpc) is 2.48. The molecule has 0 spiro atoms. The number of rotatable bonds is 5. The minimum absolute atomic E-state index is 0.170. The summed E-state index contributed by atoms with van der Waals surface area (Å²) in [4.78, 5) is 11.8. The molecule has 1 saturated heterocycles. The summed E-state index contributed by atoms with van der Waals surface area (Å²) in [6.45, 7) is 2.85. The highest BCUT2D eigenvalue weighted by Crippen LogP contribution is 2.16. The molecule has 2 amide bonds. The van der Waals surface area contributed by atoms with Gasteiger partial charge in [-0.05, 0) is 42.9 Å². The second-order valence-corrected chi connectivity index (χ2v) is 5.16. The first kappa shape index (κ1) is 14.8. The largest absolute Gasteiger partial charge is 0.381 e. The van der Waals surface area contributed by atoms with Crippen molar-refractivity contribution < 1.29 is 9.53 Å². The summed E-state index contributed by atoms with van der Waals surface area (Å²) < 4.78 is 5.42. The van der Waals surface area contributed by atoms with Crippen molar-refractivity contribution in [1.29, 1.82) is 0 Å². The van der Waals surface area contributed by atoms with E-state index in [9.17, 15) is 4.79 Å². The van der Waals surface area contributed by atoms with E-state index in [0.29, 0.717) is 19.0 Å². The number of hydrogen-bond donors (Lipinski definition) is 3. The van der Waals surface area contributed by atoms with Gasteiger partial charge in [0.1, 0.15) is 0 Å². The molecule has 0 bridgehead atoms. The molecule has 0 saturated carbocycles. The lowest BCUT2D eigenvalue weighted by Crippen LogP contribution is -2.31. The summed E-state index contributed by atoms with van der Waals surface area (Å²) in [5, 5.41) is 5.70. The van der Waals surface area contributed by atoms with E-state index in [1.54, 1.807) is 0 Å². The lowest BCUT2D eigenvalue weighted by atomic mass is 9.99. The Kier molecular flexibility index (Phi) is 5.83. The molecule has 1 aliphatic rings. The first-order chi connectivity index (χ1) is 9.78. The molecule has 4 N–H and O–H groups in total. The van der Waals surface area contributed by atoms with Crippen LogP contribution in [0.1, 0.15) is 24.8 Å². The molecule has 5 nitrogen and oxygen atoms in total. The van der Waals surface area contributed by atoms with E-state index in [4.69, 9.17) is 10.5 Å². The third-order valence-electron chi connectivity index (χ3n) is 3.51. The molecule has 1 atom stereocenters. The number of hydrogen-bond acceptors (Lipinski definition) is 3. The second-order valence-electron chi connectivity index (χ2n) is 5.16. The minimum Gasteiger partial charge on any atom is -0.381 e. The molecule has 1 fully saturated rings. The zero-order valence-corrected chi connectivity index (χ0v) is 11.7. The molecule has 0 aromatic heterocycles. The van der Waals surface area contributed by atoms with Crippen LogP contribution in [-0.2, 0) is 11.3 Å². The Balaban J connectivity index is 1.69. The quantitative estimate of drug-likeness (QED) is 0.771. The Morgan fingerprint density at radius 3 is 3.10 bits per heavy atom. The molecule has 1 heterocycles. The van der Waals surface area contributed by atoms with Gasteiger partial charge in [-0.15, -0.1) is 0 Å². The number of urea groups is 1. The number of anilines is 1. The van der Waals surface area contributed by atoms with E-state index in [0.717, 1.165) is 37.3 Å². The van der Waals surface area contributed by atoms with Crippen molar-refractivity contribution in [3.63, 3.8) is 0 Å². The topological polar surface area (TPSA) is 76.4 Å². The van der Waals surface area contributed by atoms with Gasteiger partial charge in [0.15, 0.2) is 0 Å². The van der Waals surface area contributed by atoms with E-state index in [2.05, 4.69) is 10.6 Å². The predicted octanol–water partition coefficient (Wildman–Crippen LogP) is 2.08. The normalized spacial score (nSPS) is 18.6. The smallest absolute Gasteiger partial charge is 0.319 e. The summed E-state index contributed by atoms with van der Waals surface area (Å²) in [5.41, 5.74) is 7.34. The summed E-state index contributed by atoms with van der Waals surface area (Å²) in [6.07, 6.45) is 3.29. The number of carbonyl (C=O) groups is 1. The Labute approximate surface area is 119 Å². The standard InChI is InChI=1S/C15H23N3O2/c16-10-13-3-1-5-14(9-13)18-15(19)17-7-6-12-4-2-8-20-11-12/h1,3,5,9,12H,2,4,6-8,10-11,16H2,(H2,17,18,19)/t12-/m0/s1. The number of amides is 2. The highest BCUT2D eigenvalue weighted by atomic mass is 16.5. The van der Waals surface area contributed by atoms with Gasteiger partial charge in [0.05, 0.1) is 0 Å². The lowest BCUT2D eigenvalue weighted by Gasteiger charge is -2.21. The maximum atomic E-state index is 11.8. The molecule has 1 aromatic carbocycles. The second kappa shape index (κ2) is 7.87. The van der Waals surface area contributed by atoms with E-state index < -0.39 is 0 Å². The zero-order chi connectivity index (χ0) is 14.2. The SMILES string of the molecule is NCc1cccc(NC(=O)NCC[C@@H]2CCCOC2)c1. The maximum Gasteiger partial charge on any atom is 0.319 e. The van der Waals surface area contributed by atoms with Crippen LogP contribution in [0, 0.1) is 5.92 Å². The van der Waals surface area contributed by atoms with Crippen molar-refractivity contribution in [2.45, 2.75) is 25.8 Å². The number of benzene rings is 1. The van der Waals surface area contributed by atoms with Crippen molar-refractivity contribution >= 4 is 11.7 Å². The van der Waals surface area contributed by atoms with E-state index in [1.807, 2.05) is 24.3 Å². The van der Waals surface area contributed by atoms with Crippen molar-refractivity contribution in [2.75, 3.05) is 25.1 Å². The summed E-state index contributed by atoms with van der Waals surface area (Å²) in [5.74, 6) is 0.574. The lowest BCUT2D eigenvalue weighted by molar-refractivity contribution is 0.0520. The van der Waals surface area contributed by atoms with E-state index >= 15 is 0 Å². The van der Waals surface area contributed by atoms with Gasteiger partial charge < -0.3 is 21.1 Å². The van der Waals surface area contributed by atoms with Crippen LogP contribution in [-0.4, -0.2) is 25.8 Å². The molecular weight excluding hydrogens is 254 g/mol. The van der Waals surface area contributed by atoms with Crippen LogP contribution in [0.25, 0.3) is 0 Å². The Morgan fingerprint density at radius 2 is 2.35 bits per heavy atom. The molecule has 2 rings (SSSR count). The first-order valence-corrected chi connectivity index (χ1v) is 7.19. The van der Waals surface area contributed by atoms with Gasteiger partial charge in [-0.3, -0.25) is 0 Å². The van der Waals surface area contributed by atoms with Crippen LogP contribution >= 0.6 is 0 Å². The highest BCUT2D eigenvalue weighted by molar-refractivity contribution is 5.89. The van der Waals surface area contributed by atoms with Gasteiger partial charge in [-0.1, -0.05) is 12.1 Å². The van der Waals surface area contributed by atoms with Gasteiger partial charge in [0.2, 0.25) is 0 Å². The molecule has 0 aliphatic carbocycles. The van der Waals surface area contributed by atoms with Crippen molar-refractivity contribution in [3.05, 3.63) is 29.8 Å². The van der Waals surface area contributed by atoms with Crippen molar-refractivity contribution in [1.82, 2.24) is 5.32 Å². The van der Waals surface area contributed by atoms with Crippen LogP contribution in [0.5, 0.6) is 0 Å². The van der Waals surface area contributed by atoms with Crippen LogP contribution in [0.3, 0.4) is 0 Å². The molecule has 1 aliphatic heterocycles. The third-order valence-corrected chi connectivity index (χ3v) is 3.51. The third kappa shape index (κ3) is 4.83. The van der Waals surface area contributed by atoms with Gasteiger partial charge in [-0.25, -0.2) is 4.79 Å². The fourth-order valence-corrected chi connectivity index (χ4v) is 2.38. The van der Waals surface area contributed by atoms with Crippen LogP contribution in [0.2, 0.25) is 0 Å². The summed E-state index contributed by atoms with van der Waals surface area (Å²) in [7, 11) is 0. The predicted molar refractivity (Wildman–Crippen MR) is 79.5 cm³/mol. The molecule has 110 valence electrons. The molecule has 0 unspecified atom stereocenters. The number of ether oxygens (including phenoxy) is 1. The van der Waals surface area contributed by atoms with Crippen LogP contribution in [0.15, 0.2) is 24.3 Å². The van der Waals surface area contributed by atoms with E-state index in [1.165, 1.54) is 6.42 Å². The average molecular weight is 277 g/mol.